The molecule has 5 heteroatoms. The highest BCUT2D eigenvalue weighted by Gasteiger charge is 1.99. The van der Waals surface area contributed by atoms with E-state index in [1.807, 2.05) is 0 Å². The molecule has 2 aromatic rings. The van der Waals surface area contributed by atoms with E-state index in [9.17, 15) is 4.39 Å². The van der Waals surface area contributed by atoms with Crippen LogP contribution in [0.15, 0.2) is 30.5 Å². The minimum Gasteiger partial charge on any atom is -0.310 e. The second kappa shape index (κ2) is 6.10. The Morgan fingerprint density at radius 2 is 2.06 bits per heavy atom. The molecule has 1 aromatic heterocycles. The maximum Gasteiger partial charge on any atom is 0.123 e. The van der Waals surface area contributed by atoms with Gasteiger partial charge in [0.15, 0.2) is 0 Å². The van der Waals surface area contributed by atoms with Crippen LogP contribution in [0.3, 0.4) is 0 Å². The summed E-state index contributed by atoms with van der Waals surface area (Å²) < 4.78 is 13.4. The van der Waals surface area contributed by atoms with Gasteiger partial charge in [0, 0.05) is 6.54 Å². The van der Waals surface area contributed by atoms with E-state index in [-0.39, 0.29) is 5.82 Å². The van der Waals surface area contributed by atoms with Crippen molar-refractivity contribution in [3.63, 3.8) is 0 Å². The molecule has 0 saturated carbocycles. The van der Waals surface area contributed by atoms with Crippen molar-refractivity contribution in [2.45, 2.75) is 13.0 Å². The van der Waals surface area contributed by atoms with Crippen LogP contribution in [0.4, 0.5) is 4.39 Å². The minimum absolute atomic E-state index is 0.195. The number of hydrogen-bond acceptors (Lipinski definition) is 3. The van der Waals surface area contributed by atoms with Crippen LogP contribution >= 0.6 is 22.9 Å². The van der Waals surface area contributed by atoms with Gasteiger partial charge in [-0.15, -0.1) is 11.3 Å². The van der Waals surface area contributed by atoms with Crippen LogP contribution in [0.25, 0.3) is 0 Å². The van der Waals surface area contributed by atoms with E-state index in [4.69, 9.17) is 11.6 Å². The van der Waals surface area contributed by atoms with E-state index < -0.39 is 0 Å². The molecule has 0 unspecified atom stereocenters. The van der Waals surface area contributed by atoms with Gasteiger partial charge in [-0.1, -0.05) is 23.7 Å². The van der Waals surface area contributed by atoms with Crippen molar-refractivity contribution in [1.82, 2.24) is 10.3 Å². The van der Waals surface area contributed by atoms with E-state index in [0.29, 0.717) is 4.34 Å². The van der Waals surface area contributed by atoms with Crippen LogP contribution in [0.2, 0.25) is 4.34 Å². The number of halogens is 2. The maximum atomic E-state index is 12.7. The quantitative estimate of drug-likeness (QED) is 0.844. The predicted molar refractivity (Wildman–Crippen MR) is 68.9 cm³/mol. The topological polar surface area (TPSA) is 24.9 Å². The lowest BCUT2D eigenvalue weighted by Crippen LogP contribution is -2.16. The molecule has 0 saturated heterocycles. The van der Waals surface area contributed by atoms with Gasteiger partial charge in [-0.3, -0.25) is 0 Å². The number of nitrogens with one attached hydrogen (secondary N) is 1. The third-order valence-corrected chi connectivity index (χ3v) is 3.42. The predicted octanol–water partition coefficient (Wildman–Crippen LogP) is 3.27. The number of thiazole rings is 1. The molecule has 90 valence electrons. The van der Waals surface area contributed by atoms with Crippen LogP contribution in [0.5, 0.6) is 0 Å². The molecule has 0 bridgehead atoms. The van der Waals surface area contributed by atoms with Crippen molar-refractivity contribution >= 4 is 22.9 Å². The Morgan fingerprint density at radius 1 is 1.29 bits per heavy atom. The Bertz CT molecular complexity index is 470. The van der Waals surface area contributed by atoms with Crippen molar-refractivity contribution in [3.8, 4) is 0 Å². The lowest BCUT2D eigenvalue weighted by atomic mass is 10.1. The van der Waals surface area contributed by atoms with Crippen molar-refractivity contribution in [1.29, 1.82) is 0 Å². The molecule has 0 spiro atoms. The van der Waals surface area contributed by atoms with E-state index >= 15 is 0 Å². The van der Waals surface area contributed by atoms with Gasteiger partial charge >= 0.3 is 0 Å². The maximum absolute atomic E-state index is 12.7. The number of rotatable bonds is 5. The van der Waals surface area contributed by atoms with Crippen LogP contribution in [0.1, 0.15) is 10.6 Å². The van der Waals surface area contributed by atoms with Crippen molar-refractivity contribution in [2.24, 2.45) is 0 Å². The van der Waals surface area contributed by atoms with Crippen molar-refractivity contribution < 1.29 is 4.39 Å². The molecular formula is C12H12ClFN2S. The van der Waals surface area contributed by atoms with Gasteiger partial charge < -0.3 is 5.32 Å². The smallest absolute Gasteiger partial charge is 0.123 e. The number of benzene rings is 1. The van der Waals surface area contributed by atoms with E-state index in [2.05, 4.69) is 10.3 Å². The fourth-order valence-corrected chi connectivity index (χ4v) is 2.37. The highest BCUT2D eigenvalue weighted by atomic mass is 35.5. The lowest BCUT2D eigenvalue weighted by molar-refractivity contribution is 0.626. The summed E-state index contributed by atoms with van der Waals surface area (Å²) in [5.41, 5.74) is 1.12. The zero-order valence-electron chi connectivity index (χ0n) is 9.12. The summed E-state index contributed by atoms with van der Waals surface area (Å²) in [5.74, 6) is -0.195. The fourth-order valence-electron chi connectivity index (χ4n) is 1.45. The Morgan fingerprint density at radius 3 is 2.71 bits per heavy atom. The summed E-state index contributed by atoms with van der Waals surface area (Å²) in [7, 11) is 0. The van der Waals surface area contributed by atoms with Crippen LogP contribution in [-0.2, 0) is 13.0 Å². The molecule has 0 fully saturated rings. The first-order valence-electron chi connectivity index (χ1n) is 5.29. The monoisotopic (exact) mass is 270 g/mol. The molecule has 0 aliphatic rings. The molecule has 17 heavy (non-hydrogen) atoms. The van der Waals surface area contributed by atoms with Crippen LogP contribution in [-0.4, -0.2) is 11.5 Å². The number of aromatic nitrogens is 1. The summed E-state index contributed by atoms with van der Waals surface area (Å²) in [6, 6.07) is 6.57. The molecule has 1 heterocycles. The van der Waals surface area contributed by atoms with Gasteiger partial charge in [0.2, 0.25) is 0 Å². The summed E-state index contributed by atoms with van der Waals surface area (Å²) in [6.07, 6.45) is 2.53. The van der Waals surface area contributed by atoms with E-state index in [1.54, 1.807) is 18.3 Å². The fraction of sp³-hybridized carbons (Fsp3) is 0.250. The summed E-state index contributed by atoms with van der Waals surface area (Å²) in [5, 5.41) is 4.25. The second-order valence-corrected chi connectivity index (χ2v) is 5.36. The molecule has 1 N–H and O–H groups in total. The third kappa shape index (κ3) is 4.07. The Labute approximate surface area is 108 Å². The zero-order chi connectivity index (χ0) is 12.1. The SMILES string of the molecule is Fc1ccc(CCNCc2ncc(Cl)s2)cc1. The average molecular weight is 271 g/mol. The van der Waals surface area contributed by atoms with Gasteiger partial charge in [0.25, 0.3) is 0 Å². The first kappa shape index (κ1) is 12.5. The second-order valence-electron chi connectivity index (χ2n) is 3.61. The standard InChI is InChI=1S/C12H12ClFN2S/c13-11-7-16-12(17-11)8-15-6-5-9-1-3-10(14)4-2-9/h1-4,7,15H,5-6,8H2. The average Bonchev–Trinajstić information content (AvgIpc) is 2.73. The van der Waals surface area contributed by atoms with E-state index in [1.165, 1.54) is 23.5 Å². The van der Waals surface area contributed by atoms with Crippen molar-refractivity contribution in [3.05, 3.63) is 51.2 Å². The molecule has 0 atom stereocenters. The first-order valence-corrected chi connectivity index (χ1v) is 6.49. The van der Waals surface area contributed by atoms with Crippen LogP contribution < -0.4 is 5.32 Å². The molecule has 2 nitrogen and oxygen atoms in total. The Kier molecular flexibility index (Phi) is 4.48. The molecule has 2 rings (SSSR count). The zero-order valence-corrected chi connectivity index (χ0v) is 10.7. The van der Waals surface area contributed by atoms with Gasteiger partial charge in [0.05, 0.1) is 6.20 Å². The Hall–Kier alpha value is -0.970. The molecule has 0 radical (unpaired) electrons. The summed E-state index contributed by atoms with van der Waals surface area (Å²) in [6.45, 7) is 1.56. The number of nitrogens with zero attached hydrogens (tertiary/aromatic N) is 1. The molecule has 0 amide bonds. The van der Waals surface area contributed by atoms with E-state index in [0.717, 1.165) is 30.1 Å². The highest BCUT2D eigenvalue weighted by molar-refractivity contribution is 7.15. The highest BCUT2D eigenvalue weighted by Crippen LogP contribution is 2.17. The van der Waals surface area contributed by atoms with Crippen molar-refractivity contribution in [2.75, 3.05) is 6.54 Å². The van der Waals surface area contributed by atoms with Gasteiger partial charge in [-0.05, 0) is 30.7 Å². The normalized spacial score (nSPS) is 10.7. The lowest BCUT2D eigenvalue weighted by Gasteiger charge is -2.02. The molecular weight excluding hydrogens is 259 g/mol. The van der Waals surface area contributed by atoms with Gasteiger partial charge in [-0.2, -0.15) is 0 Å². The van der Waals surface area contributed by atoms with Gasteiger partial charge in [-0.25, -0.2) is 9.37 Å². The molecule has 1 aromatic carbocycles. The third-order valence-electron chi connectivity index (χ3n) is 2.31. The molecule has 0 aliphatic carbocycles. The Balaban J connectivity index is 1.71. The van der Waals surface area contributed by atoms with Gasteiger partial charge in [0.1, 0.15) is 15.2 Å². The van der Waals surface area contributed by atoms with Crippen LogP contribution in [0, 0.1) is 5.82 Å². The number of hydrogen-bond donors (Lipinski definition) is 1. The largest absolute Gasteiger partial charge is 0.310 e. The minimum atomic E-state index is -0.195. The summed E-state index contributed by atoms with van der Waals surface area (Å²) >= 11 is 7.25. The summed E-state index contributed by atoms with van der Waals surface area (Å²) in [4.78, 5) is 4.15. The first-order chi connectivity index (χ1) is 8.24. The molecule has 0 aliphatic heterocycles.